The zero-order valence-corrected chi connectivity index (χ0v) is 18.8. The Morgan fingerprint density at radius 3 is 2.12 bits per heavy atom. The Labute approximate surface area is 194 Å². The van der Waals surface area contributed by atoms with Crippen molar-refractivity contribution in [1.29, 1.82) is 0 Å². The van der Waals surface area contributed by atoms with Crippen LogP contribution in [0.3, 0.4) is 0 Å². The van der Waals surface area contributed by atoms with Crippen LogP contribution in [0.1, 0.15) is 28.9 Å². The fourth-order valence-electron chi connectivity index (χ4n) is 4.16. The molecule has 1 heterocycles. The molecule has 1 saturated heterocycles. The van der Waals surface area contributed by atoms with E-state index in [1.54, 1.807) is 0 Å². The standard InChI is InChI=1S/C27H29N3O3/c1-2-33-24-16-10-9-15-23(24)28-26(31)25(21-11-5-3-6-12-21)29-17-19-30(20-18-29)27(32)22-13-7-4-8-14-22/h3-16,25H,2,17-20H2,1H3,(H,28,31)/t25-/m1/s1. The molecule has 3 aromatic rings. The monoisotopic (exact) mass is 443 g/mol. The molecular weight excluding hydrogens is 414 g/mol. The van der Waals surface area contributed by atoms with Crippen LogP contribution in [-0.2, 0) is 4.79 Å². The highest BCUT2D eigenvalue weighted by atomic mass is 16.5. The van der Waals surface area contributed by atoms with Crippen LogP contribution in [0.4, 0.5) is 5.69 Å². The minimum atomic E-state index is -0.463. The molecule has 0 aromatic heterocycles. The SMILES string of the molecule is CCOc1ccccc1NC(=O)[C@@H](c1ccccc1)N1CCN(C(=O)c2ccccc2)CC1. The predicted octanol–water partition coefficient (Wildman–Crippen LogP) is 4.22. The van der Waals surface area contributed by atoms with Crippen LogP contribution in [0, 0.1) is 0 Å². The Morgan fingerprint density at radius 1 is 0.848 bits per heavy atom. The van der Waals surface area contributed by atoms with E-state index in [-0.39, 0.29) is 11.8 Å². The molecule has 2 amide bonds. The van der Waals surface area contributed by atoms with Gasteiger partial charge < -0.3 is 15.0 Å². The third-order valence-corrected chi connectivity index (χ3v) is 5.80. The summed E-state index contributed by atoms with van der Waals surface area (Å²) < 4.78 is 5.68. The van der Waals surface area contributed by atoms with Crippen LogP contribution >= 0.6 is 0 Å². The van der Waals surface area contributed by atoms with Crippen molar-refractivity contribution in [1.82, 2.24) is 9.80 Å². The van der Waals surface area contributed by atoms with Gasteiger partial charge in [0.1, 0.15) is 11.8 Å². The fourth-order valence-corrected chi connectivity index (χ4v) is 4.16. The predicted molar refractivity (Wildman–Crippen MR) is 129 cm³/mol. The number of benzene rings is 3. The summed E-state index contributed by atoms with van der Waals surface area (Å²) in [5.74, 6) is 0.566. The van der Waals surface area contributed by atoms with Gasteiger partial charge in [0.2, 0.25) is 5.91 Å². The highest BCUT2D eigenvalue weighted by Crippen LogP contribution is 2.28. The number of amides is 2. The lowest BCUT2D eigenvalue weighted by Gasteiger charge is -2.38. The summed E-state index contributed by atoms with van der Waals surface area (Å²) in [6, 6.07) is 26.1. The van der Waals surface area contributed by atoms with Crippen LogP contribution in [0.15, 0.2) is 84.9 Å². The second-order valence-electron chi connectivity index (χ2n) is 7.93. The van der Waals surface area contributed by atoms with Crippen molar-refractivity contribution in [2.24, 2.45) is 0 Å². The van der Waals surface area contributed by atoms with E-state index in [1.165, 1.54) is 0 Å². The highest BCUT2D eigenvalue weighted by molar-refractivity contribution is 5.97. The molecule has 1 N–H and O–H groups in total. The van der Waals surface area contributed by atoms with Gasteiger partial charge >= 0.3 is 0 Å². The van der Waals surface area contributed by atoms with E-state index in [2.05, 4.69) is 10.2 Å². The summed E-state index contributed by atoms with van der Waals surface area (Å²) in [5, 5.41) is 3.06. The Balaban J connectivity index is 1.50. The zero-order chi connectivity index (χ0) is 23.0. The summed E-state index contributed by atoms with van der Waals surface area (Å²) in [5.41, 5.74) is 2.27. The third-order valence-electron chi connectivity index (χ3n) is 5.80. The third kappa shape index (κ3) is 5.41. The quantitative estimate of drug-likeness (QED) is 0.594. The number of hydrogen-bond acceptors (Lipinski definition) is 4. The van der Waals surface area contributed by atoms with E-state index in [0.717, 1.165) is 5.56 Å². The number of anilines is 1. The first-order valence-electron chi connectivity index (χ1n) is 11.3. The van der Waals surface area contributed by atoms with E-state index < -0.39 is 6.04 Å². The van der Waals surface area contributed by atoms with Gasteiger partial charge in [0, 0.05) is 31.7 Å². The molecule has 0 unspecified atom stereocenters. The van der Waals surface area contributed by atoms with Crippen molar-refractivity contribution in [3.63, 3.8) is 0 Å². The molecular formula is C27H29N3O3. The number of carbonyl (C=O) groups excluding carboxylic acids is 2. The number of nitrogens with zero attached hydrogens (tertiary/aromatic N) is 2. The summed E-state index contributed by atoms with van der Waals surface area (Å²) >= 11 is 0. The van der Waals surface area contributed by atoms with Crippen molar-refractivity contribution >= 4 is 17.5 Å². The molecule has 1 aliphatic heterocycles. The lowest BCUT2D eigenvalue weighted by molar-refractivity contribution is -0.122. The van der Waals surface area contributed by atoms with E-state index in [9.17, 15) is 9.59 Å². The Bertz CT molecular complexity index is 1060. The fraction of sp³-hybridized carbons (Fsp3) is 0.259. The second kappa shape index (κ2) is 10.8. The van der Waals surface area contributed by atoms with Crippen molar-refractivity contribution < 1.29 is 14.3 Å². The van der Waals surface area contributed by atoms with E-state index in [4.69, 9.17) is 4.74 Å². The maximum absolute atomic E-state index is 13.5. The lowest BCUT2D eigenvalue weighted by atomic mass is 10.0. The minimum absolute atomic E-state index is 0.0293. The van der Waals surface area contributed by atoms with Crippen LogP contribution < -0.4 is 10.1 Å². The van der Waals surface area contributed by atoms with Gasteiger partial charge in [-0.15, -0.1) is 0 Å². The first kappa shape index (κ1) is 22.6. The van der Waals surface area contributed by atoms with Gasteiger partial charge in [-0.2, -0.15) is 0 Å². The molecule has 33 heavy (non-hydrogen) atoms. The Hall–Kier alpha value is -3.64. The van der Waals surface area contributed by atoms with E-state index in [1.807, 2.05) is 96.8 Å². The molecule has 0 saturated carbocycles. The van der Waals surface area contributed by atoms with Gasteiger partial charge in [-0.1, -0.05) is 60.7 Å². The molecule has 0 bridgehead atoms. The average Bonchev–Trinajstić information content (AvgIpc) is 2.87. The molecule has 1 fully saturated rings. The maximum Gasteiger partial charge on any atom is 0.253 e. The van der Waals surface area contributed by atoms with Gasteiger partial charge in [0.05, 0.1) is 12.3 Å². The number of hydrogen-bond donors (Lipinski definition) is 1. The number of ether oxygens (including phenoxy) is 1. The Kier molecular flexibility index (Phi) is 7.37. The number of piperazine rings is 1. The molecule has 1 atom stereocenters. The van der Waals surface area contributed by atoms with Crippen LogP contribution in [0.25, 0.3) is 0 Å². The second-order valence-corrected chi connectivity index (χ2v) is 7.93. The molecule has 3 aromatic carbocycles. The molecule has 6 heteroatoms. The summed E-state index contributed by atoms with van der Waals surface area (Å²) in [6.45, 7) is 4.80. The summed E-state index contributed by atoms with van der Waals surface area (Å²) in [4.78, 5) is 30.4. The van der Waals surface area contributed by atoms with Crippen LogP contribution in [0.5, 0.6) is 5.75 Å². The lowest BCUT2D eigenvalue weighted by Crippen LogP contribution is -2.51. The molecule has 0 spiro atoms. The highest BCUT2D eigenvalue weighted by Gasteiger charge is 2.32. The average molecular weight is 444 g/mol. The zero-order valence-electron chi connectivity index (χ0n) is 18.8. The molecule has 0 aliphatic carbocycles. The molecule has 0 radical (unpaired) electrons. The minimum Gasteiger partial charge on any atom is -0.492 e. The normalized spacial score (nSPS) is 15.0. The number of nitrogens with one attached hydrogen (secondary N) is 1. The Morgan fingerprint density at radius 2 is 1.45 bits per heavy atom. The number of rotatable bonds is 7. The molecule has 1 aliphatic rings. The topological polar surface area (TPSA) is 61.9 Å². The van der Waals surface area contributed by atoms with Crippen LogP contribution in [0.2, 0.25) is 0 Å². The summed E-state index contributed by atoms with van der Waals surface area (Å²) in [6.07, 6.45) is 0. The molecule has 4 rings (SSSR count). The number of carbonyl (C=O) groups is 2. The smallest absolute Gasteiger partial charge is 0.253 e. The molecule has 6 nitrogen and oxygen atoms in total. The number of para-hydroxylation sites is 2. The van der Waals surface area contributed by atoms with E-state index >= 15 is 0 Å². The van der Waals surface area contributed by atoms with Crippen molar-refractivity contribution in [3.8, 4) is 5.75 Å². The van der Waals surface area contributed by atoms with Crippen molar-refractivity contribution in [3.05, 3.63) is 96.1 Å². The van der Waals surface area contributed by atoms with Gasteiger partial charge in [-0.3, -0.25) is 14.5 Å². The largest absolute Gasteiger partial charge is 0.492 e. The molecule has 170 valence electrons. The first-order chi connectivity index (χ1) is 16.2. The van der Waals surface area contributed by atoms with Gasteiger partial charge in [0.25, 0.3) is 5.91 Å². The van der Waals surface area contributed by atoms with Crippen LogP contribution in [-0.4, -0.2) is 54.4 Å². The van der Waals surface area contributed by atoms with Gasteiger partial charge in [-0.25, -0.2) is 0 Å². The summed E-state index contributed by atoms with van der Waals surface area (Å²) in [7, 11) is 0. The van der Waals surface area contributed by atoms with Gasteiger partial charge in [-0.05, 0) is 36.8 Å². The maximum atomic E-state index is 13.5. The van der Waals surface area contributed by atoms with Crippen molar-refractivity contribution in [2.45, 2.75) is 13.0 Å². The van der Waals surface area contributed by atoms with E-state index in [0.29, 0.717) is 49.8 Å². The van der Waals surface area contributed by atoms with Gasteiger partial charge in [0.15, 0.2) is 0 Å². The first-order valence-corrected chi connectivity index (χ1v) is 11.3. The van der Waals surface area contributed by atoms with Crippen molar-refractivity contribution in [2.75, 3.05) is 38.1 Å².